The van der Waals surface area contributed by atoms with E-state index in [1.165, 1.54) is 18.9 Å². The van der Waals surface area contributed by atoms with Crippen LogP contribution in [0.25, 0.3) is 6.08 Å². The highest BCUT2D eigenvalue weighted by Gasteiger charge is 2.33. The van der Waals surface area contributed by atoms with Gasteiger partial charge in [-0.15, -0.1) is 0 Å². The number of methoxy groups -OCH3 is 2. The number of benzene rings is 2. The maximum atomic E-state index is 13.0. The molecule has 0 bridgehead atoms. The van der Waals surface area contributed by atoms with E-state index < -0.39 is 5.97 Å². The Labute approximate surface area is 193 Å². The number of carbonyl (C=O) groups is 2. The zero-order valence-electron chi connectivity index (χ0n) is 17.0. The average Bonchev–Trinajstić information content (AvgIpc) is 3.06. The summed E-state index contributed by atoms with van der Waals surface area (Å²) in [5, 5.41) is 0.608. The number of nitrogens with zero attached hydrogens (tertiary/aromatic N) is 2. The van der Waals surface area contributed by atoms with Crippen molar-refractivity contribution in [1.29, 1.82) is 0 Å². The number of thioether (sulfide) groups is 1. The lowest BCUT2D eigenvalue weighted by Gasteiger charge is -2.14. The molecule has 31 heavy (non-hydrogen) atoms. The molecule has 1 amide bonds. The number of rotatable bonds is 8. The number of hydrogen-bond donors (Lipinski definition) is 0. The highest BCUT2D eigenvalue weighted by atomic mass is 79.9. The number of amidine groups is 1. The highest BCUT2D eigenvalue weighted by Crippen LogP contribution is 2.35. The number of para-hydroxylation sites is 1. The van der Waals surface area contributed by atoms with Gasteiger partial charge < -0.3 is 14.2 Å². The van der Waals surface area contributed by atoms with E-state index in [0.717, 1.165) is 11.3 Å². The lowest BCUT2D eigenvalue weighted by molar-refractivity contribution is -0.142. The first kappa shape index (κ1) is 23.1. The Bertz CT molecular complexity index is 1010. The number of amides is 1. The maximum Gasteiger partial charge on any atom is 0.343 e. The van der Waals surface area contributed by atoms with Gasteiger partial charge in [-0.1, -0.05) is 24.3 Å². The second-order valence-electron chi connectivity index (χ2n) is 6.34. The first-order valence-corrected chi connectivity index (χ1v) is 11.0. The largest absolute Gasteiger partial charge is 0.481 e. The average molecular weight is 505 g/mol. The van der Waals surface area contributed by atoms with Gasteiger partial charge in [-0.2, -0.15) is 0 Å². The predicted octanol–water partition coefficient (Wildman–Crippen LogP) is 4.25. The van der Waals surface area contributed by atoms with E-state index in [1.54, 1.807) is 24.2 Å². The first-order valence-electron chi connectivity index (χ1n) is 9.35. The van der Waals surface area contributed by atoms with Crippen LogP contribution in [0.3, 0.4) is 0 Å². The fourth-order valence-electron chi connectivity index (χ4n) is 2.65. The Morgan fingerprint density at radius 3 is 2.65 bits per heavy atom. The molecule has 7 nitrogen and oxygen atoms in total. The van der Waals surface area contributed by atoms with E-state index in [0.29, 0.717) is 33.4 Å². The van der Waals surface area contributed by atoms with Gasteiger partial charge in [-0.05, 0) is 63.6 Å². The van der Waals surface area contributed by atoms with Gasteiger partial charge in [0.15, 0.2) is 11.8 Å². The Morgan fingerprint density at radius 1 is 1.19 bits per heavy atom. The molecule has 1 aliphatic rings. The van der Waals surface area contributed by atoms with Crippen molar-refractivity contribution in [2.45, 2.75) is 0 Å². The summed E-state index contributed by atoms with van der Waals surface area (Å²) in [4.78, 5) is 31.1. The van der Waals surface area contributed by atoms with Crippen LogP contribution in [0.1, 0.15) is 5.56 Å². The molecule has 1 fully saturated rings. The van der Waals surface area contributed by atoms with Crippen molar-refractivity contribution in [3.63, 3.8) is 0 Å². The summed E-state index contributed by atoms with van der Waals surface area (Å²) in [6.45, 7) is 0.637. The van der Waals surface area contributed by atoms with Crippen LogP contribution in [-0.4, -0.2) is 55.9 Å². The molecular formula is C22H21BrN2O5S. The van der Waals surface area contributed by atoms with Crippen molar-refractivity contribution in [1.82, 2.24) is 4.90 Å². The van der Waals surface area contributed by atoms with E-state index in [-0.39, 0.29) is 12.5 Å². The van der Waals surface area contributed by atoms with Gasteiger partial charge >= 0.3 is 5.97 Å². The summed E-state index contributed by atoms with van der Waals surface area (Å²) in [5.74, 6) is -0.0858. The van der Waals surface area contributed by atoms with Crippen molar-refractivity contribution < 1.29 is 23.8 Å². The Balaban J connectivity index is 1.82. The molecule has 2 aromatic carbocycles. The van der Waals surface area contributed by atoms with Crippen LogP contribution in [-0.2, 0) is 19.1 Å². The molecule has 9 heteroatoms. The number of halogens is 1. The number of aliphatic imine (C=N–C) groups is 1. The number of carbonyl (C=O) groups excluding carboxylic acids is 2. The van der Waals surface area contributed by atoms with E-state index >= 15 is 0 Å². The van der Waals surface area contributed by atoms with Crippen LogP contribution in [0, 0.1) is 0 Å². The third-order valence-electron chi connectivity index (χ3n) is 4.21. The minimum Gasteiger partial charge on any atom is -0.481 e. The van der Waals surface area contributed by atoms with Crippen LogP contribution >= 0.6 is 27.7 Å². The SMILES string of the molecule is COCCN1C(=O)/C(=C\c2ccc(OCC(=O)OC)c(Br)c2)SC1=Nc1ccccc1. The Kier molecular flexibility index (Phi) is 8.27. The lowest BCUT2D eigenvalue weighted by Crippen LogP contribution is -2.32. The molecule has 0 N–H and O–H groups in total. The van der Waals surface area contributed by atoms with Gasteiger partial charge in [-0.25, -0.2) is 9.79 Å². The van der Waals surface area contributed by atoms with Gasteiger partial charge in [0.25, 0.3) is 5.91 Å². The van der Waals surface area contributed by atoms with Crippen LogP contribution in [0.4, 0.5) is 5.69 Å². The smallest absolute Gasteiger partial charge is 0.343 e. The summed E-state index contributed by atoms with van der Waals surface area (Å²) in [6, 6.07) is 14.9. The fraction of sp³-hybridized carbons (Fsp3) is 0.227. The van der Waals surface area contributed by atoms with Crippen LogP contribution in [0.15, 0.2) is 62.9 Å². The molecule has 0 spiro atoms. The molecule has 0 saturated carbocycles. The molecule has 2 aromatic rings. The minimum absolute atomic E-state index is 0.126. The van der Waals surface area contributed by atoms with Crippen molar-refractivity contribution in [2.24, 2.45) is 4.99 Å². The van der Waals surface area contributed by atoms with E-state index in [2.05, 4.69) is 25.7 Å². The quantitative estimate of drug-likeness (QED) is 0.395. The fourth-order valence-corrected chi connectivity index (χ4v) is 4.19. The van der Waals surface area contributed by atoms with Crippen molar-refractivity contribution in [3.05, 3.63) is 63.5 Å². The number of esters is 1. The second kappa shape index (κ2) is 11.1. The number of hydrogen-bond acceptors (Lipinski definition) is 7. The van der Waals surface area contributed by atoms with E-state index in [9.17, 15) is 9.59 Å². The van der Waals surface area contributed by atoms with Crippen molar-refractivity contribution in [2.75, 3.05) is 34.0 Å². The van der Waals surface area contributed by atoms with Crippen molar-refractivity contribution in [3.8, 4) is 5.75 Å². The molecule has 0 atom stereocenters. The molecule has 0 aliphatic carbocycles. The maximum absolute atomic E-state index is 13.0. The van der Waals surface area contributed by atoms with E-state index in [1.807, 2.05) is 42.5 Å². The van der Waals surface area contributed by atoms with Gasteiger partial charge in [-0.3, -0.25) is 9.69 Å². The second-order valence-corrected chi connectivity index (χ2v) is 8.21. The topological polar surface area (TPSA) is 77.4 Å². The van der Waals surface area contributed by atoms with E-state index in [4.69, 9.17) is 9.47 Å². The summed E-state index contributed by atoms with van der Waals surface area (Å²) in [7, 11) is 2.90. The lowest BCUT2D eigenvalue weighted by atomic mass is 10.2. The number of ether oxygens (including phenoxy) is 3. The normalized spacial score (nSPS) is 16.2. The molecule has 1 saturated heterocycles. The third-order valence-corrected chi connectivity index (χ3v) is 5.84. The van der Waals surface area contributed by atoms with Gasteiger partial charge in [0.2, 0.25) is 0 Å². The zero-order valence-corrected chi connectivity index (χ0v) is 19.4. The molecule has 0 unspecified atom stereocenters. The molecule has 1 heterocycles. The Morgan fingerprint density at radius 2 is 1.97 bits per heavy atom. The Hall–Kier alpha value is -2.62. The molecule has 0 aromatic heterocycles. The first-order chi connectivity index (χ1) is 15.0. The molecule has 0 radical (unpaired) electrons. The highest BCUT2D eigenvalue weighted by molar-refractivity contribution is 9.10. The van der Waals surface area contributed by atoms with Gasteiger partial charge in [0.05, 0.1) is 35.3 Å². The molecule has 3 rings (SSSR count). The summed E-state index contributed by atoms with van der Waals surface area (Å²) in [5.41, 5.74) is 1.58. The van der Waals surface area contributed by atoms with Crippen LogP contribution < -0.4 is 4.74 Å². The summed E-state index contributed by atoms with van der Waals surface area (Å²) in [6.07, 6.45) is 1.80. The van der Waals surface area contributed by atoms with Gasteiger partial charge in [0, 0.05) is 7.11 Å². The third kappa shape index (κ3) is 6.19. The standard InChI is InChI=1S/C22H21BrN2O5S/c1-28-11-10-25-21(27)19(31-22(25)24-16-6-4-3-5-7-16)13-15-8-9-18(17(23)12-15)30-14-20(26)29-2/h3-9,12-13H,10-11,14H2,1-2H3/b19-13+,24-22?. The van der Waals surface area contributed by atoms with Crippen molar-refractivity contribution >= 4 is 56.5 Å². The zero-order chi connectivity index (χ0) is 22.2. The molecular weight excluding hydrogens is 484 g/mol. The van der Waals surface area contributed by atoms with Crippen LogP contribution in [0.2, 0.25) is 0 Å². The van der Waals surface area contributed by atoms with Crippen LogP contribution in [0.5, 0.6) is 5.75 Å². The molecule has 1 aliphatic heterocycles. The minimum atomic E-state index is -0.465. The summed E-state index contributed by atoms with van der Waals surface area (Å²) >= 11 is 4.76. The molecule has 162 valence electrons. The monoisotopic (exact) mass is 504 g/mol. The van der Waals surface area contributed by atoms with Gasteiger partial charge in [0.1, 0.15) is 5.75 Å². The predicted molar refractivity (Wildman–Crippen MR) is 124 cm³/mol. The summed E-state index contributed by atoms with van der Waals surface area (Å²) < 4.78 is 15.8.